The fraction of sp³-hybridized carbons (Fsp3) is 0.833. The number of ether oxygens (including phenoxy) is 3. The Balaban J connectivity index is 0.00000338. The van der Waals surface area contributed by atoms with E-state index in [0.717, 1.165) is 0 Å². The van der Waals surface area contributed by atoms with Gasteiger partial charge >= 0.3 is 59.1 Å². The maximum absolute atomic E-state index is 10.9. The van der Waals surface area contributed by atoms with Gasteiger partial charge in [-0.05, 0) is 0 Å². The van der Waals surface area contributed by atoms with Gasteiger partial charge in [-0.3, -0.25) is 0 Å². The van der Waals surface area contributed by atoms with Crippen molar-refractivity contribution in [3.8, 4) is 0 Å². The van der Waals surface area contributed by atoms with Crippen molar-refractivity contribution in [3.05, 3.63) is 0 Å². The molecule has 2 unspecified atom stereocenters. The van der Waals surface area contributed by atoms with Crippen molar-refractivity contribution < 1.29 is 124 Å². The molecule has 0 aromatic heterocycles. The number of aliphatic hydroxyl groups excluding tert-OH is 6. The summed E-state index contributed by atoms with van der Waals surface area (Å²) in [5.74, 6) is -3.89. The average molecular weight is 414 g/mol. The predicted octanol–water partition coefficient (Wildman–Crippen LogP) is -13.9. The Morgan fingerprint density at radius 2 is 0.926 bits per heavy atom. The molecule has 27 heavy (non-hydrogen) atoms. The van der Waals surface area contributed by atoms with Crippen LogP contribution in [0.1, 0.15) is 0 Å². The molecule has 0 bridgehead atoms. The van der Waals surface area contributed by atoms with E-state index in [1.165, 1.54) is 0 Å². The van der Waals surface area contributed by atoms with E-state index in [9.17, 15) is 50.4 Å². The molecule has 2 aliphatic rings. The molecule has 2 heterocycles. The second kappa shape index (κ2) is 11.1. The molecule has 6 N–H and O–H groups in total. The summed E-state index contributed by atoms with van der Waals surface area (Å²) in [5.41, 5.74) is 0. The number of aliphatic carboxylic acids is 2. The van der Waals surface area contributed by atoms with Gasteiger partial charge < -0.3 is 64.7 Å². The second-order valence-corrected chi connectivity index (χ2v) is 5.57. The van der Waals surface area contributed by atoms with Crippen LogP contribution in [0.2, 0.25) is 0 Å². The van der Waals surface area contributed by atoms with Crippen molar-refractivity contribution in [2.75, 3.05) is 0 Å². The van der Waals surface area contributed by atoms with E-state index in [1.807, 2.05) is 0 Å². The number of carboxylic acid groups (broad SMARTS) is 2. The van der Waals surface area contributed by atoms with Crippen LogP contribution in [0.3, 0.4) is 0 Å². The number of aliphatic hydroxyl groups is 6. The molecular weight excluding hydrogens is 398 g/mol. The minimum atomic E-state index is -2.11. The Labute approximate surface area is 196 Å². The summed E-state index contributed by atoms with van der Waals surface area (Å²) in [6, 6.07) is 0. The molecule has 2 aliphatic heterocycles. The molecular formula is C12H16Na2O13. The summed E-state index contributed by atoms with van der Waals surface area (Å²) in [5, 5.41) is 79.5. The summed E-state index contributed by atoms with van der Waals surface area (Å²) in [6.07, 6.45) is -20.5. The first-order valence-electron chi connectivity index (χ1n) is 7.02. The number of hydrogen-bond acceptors (Lipinski definition) is 13. The molecule has 0 aromatic carbocycles. The smallest absolute Gasteiger partial charge is 0.547 e. The van der Waals surface area contributed by atoms with E-state index < -0.39 is 73.4 Å². The van der Waals surface area contributed by atoms with Crippen molar-refractivity contribution in [2.45, 2.75) is 61.4 Å². The molecule has 0 spiro atoms. The van der Waals surface area contributed by atoms with Crippen LogP contribution in [0, 0.1) is 0 Å². The van der Waals surface area contributed by atoms with Crippen LogP contribution in [0.4, 0.5) is 0 Å². The van der Waals surface area contributed by atoms with Crippen LogP contribution in [0.15, 0.2) is 0 Å². The van der Waals surface area contributed by atoms with E-state index in [0.29, 0.717) is 0 Å². The summed E-state index contributed by atoms with van der Waals surface area (Å²) in [4.78, 5) is 21.7. The first-order chi connectivity index (χ1) is 11.6. The van der Waals surface area contributed by atoms with E-state index in [4.69, 9.17) is 14.2 Å². The molecule has 15 heteroatoms. The molecule has 144 valence electrons. The first-order valence-corrected chi connectivity index (χ1v) is 7.02. The van der Waals surface area contributed by atoms with Crippen LogP contribution in [-0.4, -0.2) is 104 Å². The van der Waals surface area contributed by atoms with Gasteiger partial charge in [-0.25, -0.2) is 0 Å². The van der Waals surface area contributed by atoms with E-state index in [1.54, 1.807) is 0 Å². The van der Waals surface area contributed by atoms with E-state index in [-0.39, 0.29) is 59.1 Å². The molecule has 0 aromatic rings. The number of hydrogen-bond donors (Lipinski definition) is 6. The third kappa shape index (κ3) is 5.81. The maximum Gasteiger partial charge on any atom is 1.00 e. The van der Waals surface area contributed by atoms with Crippen LogP contribution in [0.25, 0.3) is 0 Å². The summed E-state index contributed by atoms with van der Waals surface area (Å²) < 4.78 is 14.3. The molecule has 0 saturated carbocycles. The Hall–Kier alpha value is 0.580. The van der Waals surface area contributed by atoms with Crippen molar-refractivity contribution in [3.63, 3.8) is 0 Å². The fourth-order valence-corrected chi connectivity index (χ4v) is 2.44. The Morgan fingerprint density at radius 3 is 1.19 bits per heavy atom. The normalized spacial score (nSPS) is 44.5. The maximum atomic E-state index is 10.9. The molecule has 2 fully saturated rings. The second-order valence-electron chi connectivity index (χ2n) is 5.57. The van der Waals surface area contributed by atoms with Gasteiger partial charge in [0.2, 0.25) is 0 Å². The van der Waals surface area contributed by atoms with Crippen molar-refractivity contribution in [2.24, 2.45) is 0 Å². The van der Waals surface area contributed by atoms with Crippen LogP contribution < -0.4 is 69.3 Å². The van der Waals surface area contributed by atoms with Gasteiger partial charge in [-0.15, -0.1) is 0 Å². The molecule has 0 radical (unpaired) electrons. The largest absolute Gasteiger partial charge is 1.00 e. The summed E-state index contributed by atoms with van der Waals surface area (Å²) >= 11 is 0. The molecule has 0 aliphatic carbocycles. The molecule has 0 amide bonds. The Morgan fingerprint density at radius 1 is 0.630 bits per heavy atom. The van der Waals surface area contributed by atoms with E-state index >= 15 is 0 Å². The first kappa shape index (κ1) is 27.6. The fourth-order valence-electron chi connectivity index (χ4n) is 2.44. The Bertz CT molecular complexity index is 478. The van der Waals surface area contributed by atoms with Gasteiger partial charge in [0.05, 0.1) is 11.9 Å². The molecule has 2 saturated heterocycles. The molecule has 13 nitrogen and oxygen atoms in total. The number of carboxylic acids is 2. The van der Waals surface area contributed by atoms with Gasteiger partial charge in [0.1, 0.15) is 48.8 Å². The SMILES string of the molecule is O=C([O-])C1O[C@H](O[C@H]2OC(C(=O)[O-])[C@@H](O)[C@H](O)[C@H]2O)[C@H](O)[C@@H](O)[C@@H]1O.[Na+].[Na+]. The summed E-state index contributed by atoms with van der Waals surface area (Å²) in [6.45, 7) is 0. The zero-order chi connectivity index (χ0) is 19.0. The third-order valence-electron chi connectivity index (χ3n) is 3.87. The number of carbonyl (C=O) groups is 2. The van der Waals surface area contributed by atoms with Gasteiger partial charge in [0.15, 0.2) is 12.6 Å². The summed E-state index contributed by atoms with van der Waals surface area (Å²) in [7, 11) is 0. The van der Waals surface area contributed by atoms with Gasteiger partial charge in [-0.2, -0.15) is 0 Å². The Kier molecular flexibility index (Phi) is 11.3. The zero-order valence-electron chi connectivity index (χ0n) is 14.3. The van der Waals surface area contributed by atoms with Gasteiger partial charge in [-0.1, -0.05) is 0 Å². The minimum Gasteiger partial charge on any atom is -0.547 e. The molecule has 2 rings (SSSR count). The van der Waals surface area contributed by atoms with Gasteiger partial charge in [0.25, 0.3) is 0 Å². The van der Waals surface area contributed by atoms with Crippen molar-refractivity contribution >= 4 is 11.9 Å². The zero-order valence-corrected chi connectivity index (χ0v) is 18.3. The topological polar surface area (TPSA) is 229 Å². The van der Waals surface area contributed by atoms with Crippen LogP contribution in [-0.2, 0) is 23.8 Å². The van der Waals surface area contributed by atoms with Crippen molar-refractivity contribution in [1.82, 2.24) is 0 Å². The van der Waals surface area contributed by atoms with Crippen LogP contribution >= 0.6 is 0 Å². The van der Waals surface area contributed by atoms with E-state index in [2.05, 4.69) is 0 Å². The average Bonchev–Trinajstić information content (AvgIpc) is 2.54. The van der Waals surface area contributed by atoms with Crippen molar-refractivity contribution in [1.29, 1.82) is 0 Å². The predicted molar refractivity (Wildman–Crippen MR) is 64.5 cm³/mol. The minimum absolute atomic E-state index is 0. The third-order valence-corrected chi connectivity index (χ3v) is 3.87. The quantitative estimate of drug-likeness (QED) is 0.235. The number of rotatable bonds is 4. The number of carbonyl (C=O) groups excluding carboxylic acids is 2. The van der Waals surface area contributed by atoms with Crippen LogP contribution in [0.5, 0.6) is 0 Å². The standard InChI is InChI=1S/C12H18O13.2Na/c13-1-3(15)7(9(19)20)23-11(5(1)17)25-12-6(18)2(14)4(16)8(24-12)10(21)22;;/h1-8,11-18H,(H,19,20)(H,21,22);;/q;2*+1/p-2/t1-,2-,3-,4-,5+,6+,7?,8?,11+,12+;;/m0../s1. The molecule has 10 atom stereocenters. The van der Waals surface area contributed by atoms with Gasteiger partial charge in [0, 0.05) is 0 Å². The monoisotopic (exact) mass is 414 g/mol.